The smallest absolute Gasteiger partial charge is 0.227 e. The Morgan fingerprint density at radius 2 is 1.70 bits per heavy atom. The molecule has 0 aliphatic rings. The lowest BCUT2D eigenvalue weighted by Gasteiger charge is -2.06. The van der Waals surface area contributed by atoms with Gasteiger partial charge in [-0.25, -0.2) is 24.3 Å². The Hall–Kier alpha value is -4.07. The number of anilines is 2. The SMILES string of the molecule is Cc1ncc(-c2cnc(Nc3cccc4c3nc(-c3ccc(F)cc3)n4C)nc2)o1. The molecule has 0 radical (unpaired) electrons. The molecule has 0 bridgehead atoms. The molecular formula is C22H17FN6O. The maximum absolute atomic E-state index is 13.3. The molecule has 0 saturated carbocycles. The normalized spacial score (nSPS) is 11.2. The average Bonchev–Trinajstić information content (AvgIpc) is 3.34. The Balaban J connectivity index is 1.49. The predicted molar refractivity (Wildman–Crippen MR) is 112 cm³/mol. The minimum absolute atomic E-state index is 0.277. The van der Waals surface area contributed by atoms with Crippen LogP contribution in [0.15, 0.2) is 65.5 Å². The zero-order valence-corrected chi connectivity index (χ0v) is 16.3. The van der Waals surface area contributed by atoms with Crippen molar-refractivity contribution in [1.82, 2.24) is 24.5 Å². The van der Waals surface area contributed by atoms with E-state index in [9.17, 15) is 4.39 Å². The molecule has 3 aromatic heterocycles. The van der Waals surface area contributed by atoms with Crippen molar-refractivity contribution in [2.45, 2.75) is 6.92 Å². The first-order chi connectivity index (χ1) is 14.6. The van der Waals surface area contributed by atoms with Crippen molar-refractivity contribution in [1.29, 1.82) is 0 Å². The van der Waals surface area contributed by atoms with Crippen LogP contribution in [0.3, 0.4) is 0 Å². The van der Waals surface area contributed by atoms with Crippen LogP contribution < -0.4 is 5.32 Å². The lowest BCUT2D eigenvalue weighted by atomic mass is 10.2. The Morgan fingerprint density at radius 1 is 0.933 bits per heavy atom. The van der Waals surface area contributed by atoms with Crippen LogP contribution in [0.4, 0.5) is 16.0 Å². The van der Waals surface area contributed by atoms with Crippen LogP contribution in [0.25, 0.3) is 33.7 Å². The van der Waals surface area contributed by atoms with Gasteiger partial charge in [0, 0.05) is 31.9 Å². The minimum atomic E-state index is -0.277. The molecule has 0 aliphatic carbocycles. The fraction of sp³-hybridized carbons (Fsp3) is 0.0909. The molecule has 7 nitrogen and oxygen atoms in total. The number of nitrogens with one attached hydrogen (secondary N) is 1. The van der Waals surface area contributed by atoms with Crippen molar-refractivity contribution >= 4 is 22.7 Å². The van der Waals surface area contributed by atoms with Crippen molar-refractivity contribution in [3.8, 4) is 22.7 Å². The van der Waals surface area contributed by atoms with Gasteiger partial charge in [-0.2, -0.15) is 0 Å². The van der Waals surface area contributed by atoms with Crippen LogP contribution in [-0.2, 0) is 7.05 Å². The Morgan fingerprint density at radius 3 is 2.40 bits per heavy atom. The number of hydrogen-bond donors (Lipinski definition) is 1. The number of nitrogens with zero attached hydrogens (tertiary/aromatic N) is 5. The van der Waals surface area contributed by atoms with E-state index in [0.717, 1.165) is 33.7 Å². The van der Waals surface area contributed by atoms with Gasteiger partial charge in [-0.1, -0.05) is 6.07 Å². The molecule has 148 valence electrons. The van der Waals surface area contributed by atoms with Crippen LogP contribution in [0.2, 0.25) is 0 Å². The summed E-state index contributed by atoms with van der Waals surface area (Å²) in [7, 11) is 1.93. The second-order valence-corrected chi connectivity index (χ2v) is 6.84. The van der Waals surface area contributed by atoms with Gasteiger partial charge in [-0.05, 0) is 36.4 Å². The van der Waals surface area contributed by atoms with Crippen molar-refractivity contribution in [2.75, 3.05) is 5.32 Å². The van der Waals surface area contributed by atoms with E-state index < -0.39 is 0 Å². The second-order valence-electron chi connectivity index (χ2n) is 6.84. The first kappa shape index (κ1) is 18.0. The first-order valence-corrected chi connectivity index (χ1v) is 9.32. The Bertz CT molecular complexity index is 1340. The number of para-hydroxylation sites is 1. The summed E-state index contributed by atoms with van der Waals surface area (Å²) in [5.41, 5.74) is 4.07. The number of aromatic nitrogens is 5. The number of imidazole rings is 1. The topological polar surface area (TPSA) is 81.7 Å². The third kappa shape index (κ3) is 3.18. The van der Waals surface area contributed by atoms with E-state index in [4.69, 9.17) is 9.40 Å². The summed E-state index contributed by atoms with van der Waals surface area (Å²) in [6.45, 7) is 1.79. The van der Waals surface area contributed by atoms with E-state index >= 15 is 0 Å². The highest BCUT2D eigenvalue weighted by Gasteiger charge is 2.14. The van der Waals surface area contributed by atoms with Crippen molar-refractivity contribution in [3.63, 3.8) is 0 Å². The molecule has 5 rings (SSSR count). The molecule has 0 spiro atoms. The van der Waals surface area contributed by atoms with E-state index in [1.807, 2.05) is 29.8 Å². The van der Waals surface area contributed by atoms with Gasteiger partial charge in [-0.15, -0.1) is 0 Å². The highest BCUT2D eigenvalue weighted by molar-refractivity contribution is 5.92. The number of rotatable bonds is 4. The van der Waals surface area contributed by atoms with E-state index in [1.54, 1.807) is 37.6 Å². The number of oxazole rings is 1. The van der Waals surface area contributed by atoms with Gasteiger partial charge in [0.15, 0.2) is 11.7 Å². The van der Waals surface area contributed by atoms with Gasteiger partial charge in [0.1, 0.15) is 17.2 Å². The predicted octanol–water partition coefficient (Wildman–Crippen LogP) is 4.88. The van der Waals surface area contributed by atoms with E-state index in [1.165, 1.54) is 12.1 Å². The lowest BCUT2D eigenvalue weighted by molar-refractivity contribution is 0.534. The summed E-state index contributed by atoms with van der Waals surface area (Å²) in [4.78, 5) is 17.6. The fourth-order valence-electron chi connectivity index (χ4n) is 3.31. The molecule has 0 fully saturated rings. The van der Waals surface area contributed by atoms with Gasteiger partial charge < -0.3 is 14.3 Å². The molecule has 0 unspecified atom stereocenters. The standard InChI is InChI=1S/C22H17FN6O/c1-13-24-12-19(30-13)15-10-25-22(26-11-15)27-17-4-3-5-18-20(17)28-21(29(18)2)14-6-8-16(23)9-7-14/h3-12H,1-2H3,(H,25,26,27). The maximum Gasteiger partial charge on any atom is 0.227 e. The third-order valence-corrected chi connectivity index (χ3v) is 4.82. The second kappa shape index (κ2) is 7.07. The van der Waals surface area contributed by atoms with Gasteiger partial charge in [-0.3, -0.25) is 0 Å². The first-order valence-electron chi connectivity index (χ1n) is 9.32. The van der Waals surface area contributed by atoms with Crippen LogP contribution in [0.1, 0.15) is 5.89 Å². The number of aryl methyl sites for hydroxylation is 2. The van der Waals surface area contributed by atoms with Crippen LogP contribution in [0.5, 0.6) is 0 Å². The molecule has 1 N–H and O–H groups in total. The quantitative estimate of drug-likeness (QED) is 0.463. The van der Waals surface area contributed by atoms with Gasteiger partial charge >= 0.3 is 0 Å². The zero-order chi connectivity index (χ0) is 20.7. The van der Waals surface area contributed by atoms with Crippen molar-refractivity contribution in [3.05, 3.63) is 72.8 Å². The average molecular weight is 400 g/mol. The summed E-state index contributed by atoms with van der Waals surface area (Å²) < 4.78 is 20.8. The Kier molecular flexibility index (Phi) is 4.24. The molecule has 0 atom stereocenters. The number of halogens is 1. The van der Waals surface area contributed by atoms with E-state index in [2.05, 4.69) is 20.3 Å². The molecule has 0 amide bonds. The zero-order valence-electron chi connectivity index (χ0n) is 16.3. The summed E-state index contributed by atoms with van der Waals surface area (Å²) in [5.74, 6) is 2.12. The lowest BCUT2D eigenvalue weighted by Crippen LogP contribution is -1.97. The summed E-state index contributed by atoms with van der Waals surface area (Å²) >= 11 is 0. The number of hydrogen-bond acceptors (Lipinski definition) is 6. The number of fused-ring (bicyclic) bond motifs is 1. The third-order valence-electron chi connectivity index (χ3n) is 4.82. The summed E-state index contributed by atoms with van der Waals surface area (Å²) in [5, 5.41) is 3.23. The van der Waals surface area contributed by atoms with Crippen molar-refractivity contribution < 1.29 is 8.81 Å². The highest BCUT2D eigenvalue weighted by Crippen LogP contribution is 2.30. The molecule has 30 heavy (non-hydrogen) atoms. The van der Waals surface area contributed by atoms with Gasteiger partial charge in [0.05, 0.1) is 23.0 Å². The molecular weight excluding hydrogens is 383 g/mol. The molecule has 3 heterocycles. The van der Waals surface area contributed by atoms with Crippen LogP contribution in [-0.4, -0.2) is 24.5 Å². The monoisotopic (exact) mass is 400 g/mol. The van der Waals surface area contributed by atoms with Gasteiger partial charge in [0.25, 0.3) is 0 Å². The minimum Gasteiger partial charge on any atom is -0.441 e. The molecule has 0 saturated heterocycles. The molecule has 0 aliphatic heterocycles. The van der Waals surface area contributed by atoms with Crippen LogP contribution in [0, 0.1) is 12.7 Å². The Labute approximate surface area is 171 Å². The van der Waals surface area contributed by atoms with Gasteiger partial charge in [0.2, 0.25) is 5.95 Å². The van der Waals surface area contributed by atoms with Crippen LogP contribution >= 0.6 is 0 Å². The fourth-order valence-corrected chi connectivity index (χ4v) is 3.31. The summed E-state index contributed by atoms with van der Waals surface area (Å²) in [6, 6.07) is 12.1. The van der Waals surface area contributed by atoms with E-state index in [0.29, 0.717) is 17.6 Å². The largest absolute Gasteiger partial charge is 0.441 e. The number of benzene rings is 2. The van der Waals surface area contributed by atoms with E-state index in [-0.39, 0.29) is 5.82 Å². The van der Waals surface area contributed by atoms with Crippen molar-refractivity contribution in [2.24, 2.45) is 7.05 Å². The molecule has 5 aromatic rings. The maximum atomic E-state index is 13.3. The molecule has 2 aromatic carbocycles. The summed E-state index contributed by atoms with van der Waals surface area (Å²) in [6.07, 6.45) is 5.00. The highest BCUT2D eigenvalue weighted by atomic mass is 19.1. The molecule has 8 heteroatoms.